The Labute approximate surface area is 226 Å². The second-order valence-electron chi connectivity index (χ2n) is 11.0. The lowest BCUT2D eigenvalue weighted by molar-refractivity contribution is 0.0696. The van der Waals surface area contributed by atoms with Crippen LogP contribution in [0.3, 0.4) is 0 Å². The molecule has 0 radical (unpaired) electrons. The number of pyridine rings is 1. The van der Waals surface area contributed by atoms with E-state index in [4.69, 9.17) is 4.74 Å². The Balaban J connectivity index is 1.39. The highest BCUT2D eigenvalue weighted by atomic mass is 19.1. The number of carboxylic acids is 1. The number of ether oxygens (including phenoxy) is 1. The standard InChI is InChI=1S/C31H34F2N2O4/c1-18(2)39-29-16-27(25-7-6-23(32)15-28(25)33)26(20-4-5-20)13-22(29)17-34-10-8-24(9-11-34)35-19(3)12-21(31(37)38)14-30(35)36/h6-7,12-16,18,20,24H,4-5,8-11,17H2,1-3H3,(H,37,38). The molecule has 0 unspecified atom stereocenters. The normalized spacial score (nSPS) is 16.6. The van der Waals surface area contributed by atoms with Crippen LogP contribution in [-0.2, 0) is 6.54 Å². The number of nitrogens with zero attached hydrogens (tertiary/aromatic N) is 2. The van der Waals surface area contributed by atoms with Gasteiger partial charge in [-0.1, -0.05) is 0 Å². The number of halogens is 2. The molecule has 1 aliphatic heterocycles. The Morgan fingerprint density at radius 3 is 2.33 bits per heavy atom. The first-order chi connectivity index (χ1) is 18.6. The van der Waals surface area contributed by atoms with Crippen LogP contribution in [0, 0.1) is 18.6 Å². The van der Waals surface area contributed by atoms with Crippen LogP contribution in [0.2, 0.25) is 0 Å². The summed E-state index contributed by atoms with van der Waals surface area (Å²) in [6.45, 7) is 7.89. The van der Waals surface area contributed by atoms with Gasteiger partial charge in [-0.25, -0.2) is 13.6 Å². The lowest BCUT2D eigenvalue weighted by atomic mass is 9.93. The molecule has 2 aliphatic rings. The molecule has 206 valence electrons. The van der Waals surface area contributed by atoms with E-state index in [9.17, 15) is 23.5 Å². The van der Waals surface area contributed by atoms with Crippen molar-refractivity contribution in [2.75, 3.05) is 13.1 Å². The van der Waals surface area contributed by atoms with Crippen LogP contribution >= 0.6 is 0 Å². The molecule has 5 rings (SSSR count). The van der Waals surface area contributed by atoms with Gasteiger partial charge in [0.1, 0.15) is 17.4 Å². The summed E-state index contributed by atoms with van der Waals surface area (Å²) in [6, 6.07) is 10.5. The largest absolute Gasteiger partial charge is 0.491 e. The van der Waals surface area contributed by atoms with Gasteiger partial charge in [0, 0.05) is 54.6 Å². The summed E-state index contributed by atoms with van der Waals surface area (Å²) in [7, 11) is 0. The molecule has 0 bridgehead atoms. The number of piperidine rings is 1. The molecule has 2 aromatic carbocycles. The molecule has 1 aromatic heterocycles. The SMILES string of the molecule is Cc1cc(C(=O)O)cc(=O)n1C1CCN(Cc2cc(C3CC3)c(-c3ccc(F)cc3F)cc2OC(C)C)CC1. The molecule has 0 atom stereocenters. The molecular formula is C31H34F2N2O4. The number of aryl methyl sites for hydroxylation is 1. The van der Waals surface area contributed by atoms with Crippen molar-refractivity contribution in [3.63, 3.8) is 0 Å². The van der Waals surface area contributed by atoms with Crippen molar-refractivity contribution in [2.45, 2.75) is 71.1 Å². The van der Waals surface area contributed by atoms with E-state index in [0.717, 1.165) is 61.5 Å². The van der Waals surface area contributed by atoms with Gasteiger partial charge in [-0.3, -0.25) is 9.69 Å². The molecule has 0 amide bonds. The number of benzene rings is 2. The third-order valence-corrected chi connectivity index (χ3v) is 7.66. The molecule has 8 heteroatoms. The topological polar surface area (TPSA) is 71.8 Å². The van der Waals surface area contributed by atoms with E-state index >= 15 is 0 Å². The predicted molar refractivity (Wildman–Crippen MR) is 145 cm³/mol. The Kier molecular flexibility index (Phi) is 7.58. The molecule has 2 fully saturated rings. The van der Waals surface area contributed by atoms with Crippen LogP contribution in [0.1, 0.15) is 78.7 Å². The second-order valence-corrected chi connectivity index (χ2v) is 11.0. The average Bonchev–Trinajstić information content (AvgIpc) is 3.71. The first-order valence-corrected chi connectivity index (χ1v) is 13.6. The van der Waals surface area contributed by atoms with Gasteiger partial charge in [-0.05, 0) is 93.8 Å². The third-order valence-electron chi connectivity index (χ3n) is 7.66. The summed E-state index contributed by atoms with van der Waals surface area (Å²) in [5.74, 6) is -1.23. The Hall–Kier alpha value is -3.52. The molecule has 6 nitrogen and oxygen atoms in total. The number of carboxylic acid groups (broad SMARTS) is 1. The molecule has 1 saturated heterocycles. The first-order valence-electron chi connectivity index (χ1n) is 13.6. The zero-order valence-corrected chi connectivity index (χ0v) is 22.5. The van der Waals surface area contributed by atoms with Crippen LogP contribution in [0.15, 0.2) is 47.3 Å². The van der Waals surface area contributed by atoms with E-state index in [0.29, 0.717) is 29.5 Å². The van der Waals surface area contributed by atoms with Gasteiger partial charge >= 0.3 is 5.97 Å². The maximum absolute atomic E-state index is 14.8. The summed E-state index contributed by atoms with van der Waals surface area (Å²) < 4.78 is 36.4. The Morgan fingerprint density at radius 1 is 1.03 bits per heavy atom. The minimum absolute atomic E-state index is 0.00818. The van der Waals surface area contributed by atoms with Crippen LogP contribution in [-0.4, -0.2) is 39.7 Å². The summed E-state index contributed by atoms with van der Waals surface area (Å²) in [4.78, 5) is 26.3. The van der Waals surface area contributed by atoms with Crippen LogP contribution in [0.5, 0.6) is 5.75 Å². The van der Waals surface area contributed by atoms with Crippen molar-refractivity contribution in [1.82, 2.24) is 9.47 Å². The molecule has 2 heterocycles. The van der Waals surface area contributed by atoms with Crippen molar-refractivity contribution in [3.05, 3.63) is 86.8 Å². The van der Waals surface area contributed by atoms with Crippen molar-refractivity contribution < 1.29 is 23.4 Å². The summed E-state index contributed by atoms with van der Waals surface area (Å²) in [5.41, 5.74) is 3.64. The molecular weight excluding hydrogens is 502 g/mol. The third kappa shape index (κ3) is 5.91. The summed E-state index contributed by atoms with van der Waals surface area (Å²) in [6.07, 6.45) is 3.54. The monoisotopic (exact) mass is 536 g/mol. The number of likely N-dealkylation sites (tertiary alicyclic amines) is 1. The average molecular weight is 537 g/mol. The van der Waals surface area contributed by atoms with Gasteiger partial charge in [-0.2, -0.15) is 0 Å². The predicted octanol–water partition coefficient (Wildman–Crippen LogP) is 6.30. The molecule has 1 saturated carbocycles. The minimum atomic E-state index is -1.10. The van der Waals surface area contributed by atoms with Crippen LogP contribution in [0.25, 0.3) is 11.1 Å². The lowest BCUT2D eigenvalue weighted by Crippen LogP contribution is -2.38. The van der Waals surface area contributed by atoms with Crippen molar-refractivity contribution in [2.24, 2.45) is 0 Å². The first kappa shape index (κ1) is 27.1. The maximum atomic E-state index is 14.8. The number of rotatable bonds is 8. The number of hydrogen-bond acceptors (Lipinski definition) is 4. The van der Waals surface area contributed by atoms with E-state index in [2.05, 4.69) is 11.0 Å². The highest BCUT2D eigenvalue weighted by Gasteiger charge is 2.30. The Bertz CT molecular complexity index is 1450. The van der Waals surface area contributed by atoms with E-state index in [1.807, 2.05) is 19.9 Å². The number of aromatic nitrogens is 1. The molecule has 1 aliphatic carbocycles. The van der Waals surface area contributed by atoms with Gasteiger partial charge in [0.2, 0.25) is 0 Å². The van der Waals surface area contributed by atoms with Gasteiger partial charge < -0.3 is 14.4 Å². The van der Waals surface area contributed by atoms with Gasteiger partial charge in [-0.15, -0.1) is 0 Å². The zero-order valence-electron chi connectivity index (χ0n) is 22.5. The number of carbonyl (C=O) groups is 1. The van der Waals surface area contributed by atoms with Gasteiger partial charge in [0.15, 0.2) is 0 Å². The van der Waals surface area contributed by atoms with Gasteiger partial charge in [0.05, 0.1) is 11.7 Å². The highest BCUT2D eigenvalue weighted by Crippen LogP contribution is 2.47. The van der Waals surface area contributed by atoms with Gasteiger partial charge in [0.25, 0.3) is 5.56 Å². The molecule has 3 aromatic rings. The smallest absolute Gasteiger partial charge is 0.335 e. The van der Waals surface area contributed by atoms with E-state index in [-0.39, 0.29) is 23.3 Å². The number of hydrogen-bond donors (Lipinski definition) is 1. The second kappa shape index (κ2) is 10.9. The highest BCUT2D eigenvalue weighted by molar-refractivity contribution is 5.87. The van der Waals surface area contributed by atoms with Crippen LogP contribution in [0.4, 0.5) is 8.78 Å². The fraction of sp³-hybridized carbons (Fsp3) is 0.419. The zero-order chi connectivity index (χ0) is 27.8. The van der Waals surface area contributed by atoms with E-state index < -0.39 is 17.6 Å². The molecule has 1 N–H and O–H groups in total. The lowest BCUT2D eigenvalue weighted by Gasteiger charge is -2.34. The summed E-state index contributed by atoms with van der Waals surface area (Å²) in [5, 5.41) is 9.25. The van der Waals surface area contributed by atoms with E-state index in [1.165, 1.54) is 18.2 Å². The maximum Gasteiger partial charge on any atom is 0.335 e. The Morgan fingerprint density at radius 2 is 1.74 bits per heavy atom. The van der Waals surface area contributed by atoms with Crippen molar-refractivity contribution in [1.29, 1.82) is 0 Å². The number of aromatic carboxylic acids is 1. The molecule has 39 heavy (non-hydrogen) atoms. The molecule has 0 spiro atoms. The van der Waals surface area contributed by atoms with Crippen LogP contribution < -0.4 is 10.3 Å². The quantitative estimate of drug-likeness (QED) is 0.366. The van der Waals surface area contributed by atoms with E-state index in [1.54, 1.807) is 17.6 Å². The summed E-state index contributed by atoms with van der Waals surface area (Å²) >= 11 is 0. The van der Waals surface area contributed by atoms with Crippen molar-refractivity contribution in [3.8, 4) is 16.9 Å². The minimum Gasteiger partial charge on any atom is -0.491 e. The fourth-order valence-corrected chi connectivity index (χ4v) is 5.68. The fourth-order valence-electron chi connectivity index (χ4n) is 5.68. The van der Waals surface area contributed by atoms with Crippen molar-refractivity contribution >= 4 is 5.97 Å².